The predicted molar refractivity (Wildman–Crippen MR) is 64.8 cm³/mol. The van der Waals surface area contributed by atoms with Crippen LogP contribution in [0.5, 0.6) is 5.75 Å². The molecule has 18 heavy (non-hydrogen) atoms. The molecule has 1 aromatic carbocycles. The number of amides is 1. The Balaban J connectivity index is 2.19. The first-order valence-electron chi connectivity index (χ1n) is 5.49. The average Bonchev–Trinajstić information content (AvgIpc) is 2.22. The monoisotopic (exact) mass is 269 g/mol. The van der Waals surface area contributed by atoms with Crippen LogP contribution in [-0.4, -0.2) is 27.6 Å². The lowest BCUT2D eigenvalue weighted by molar-refractivity contribution is -0.148. The molecule has 3 N–H and O–H groups in total. The Morgan fingerprint density at radius 1 is 1.33 bits per heavy atom. The van der Waals surface area contributed by atoms with Crippen molar-refractivity contribution >= 4 is 23.5 Å². The summed E-state index contributed by atoms with van der Waals surface area (Å²) in [4.78, 5) is 23.0. The third-order valence-electron chi connectivity index (χ3n) is 3.17. The number of carboxylic acid groups (broad SMARTS) is 1. The number of hydrogen-bond acceptors (Lipinski definition) is 3. The Labute approximate surface area is 108 Å². The smallest absolute Gasteiger partial charge is 0.329 e. The molecule has 0 aromatic heterocycles. The van der Waals surface area contributed by atoms with Crippen LogP contribution in [0, 0.1) is 0 Å². The fourth-order valence-corrected chi connectivity index (χ4v) is 2.07. The third-order valence-corrected chi connectivity index (χ3v) is 3.41. The van der Waals surface area contributed by atoms with Crippen LogP contribution in [0.3, 0.4) is 0 Å². The first-order valence-corrected chi connectivity index (χ1v) is 5.87. The predicted octanol–water partition coefficient (Wildman–Crippen LogP) is 1.78. The number of aromatic hydroxyl groups is 1. The van der Waals surface area contributed by atoms with Crippen molar-refractivity contribution in [2.75, 3.05) is 0 Å². The third kappa shape index (κ3) is 2.13. The molecule has 0 aliphatic heterocycles. The molecule has 1 aliphatic rings. The van der Waals surface area contributed by atoms with Crippen LogP contribution in [0.2, 0.25) is 5.02 Å². The van der Waals surface area contributed by atoms with E-state index in [2.05, 4.69) is 5.32 Å². The van der Waals surface area contributed by atoms with E-state index in [4.69, 9.17) is 16.7 Å². The fraction of sp³-hybridized carbons (Fsp3) is 0.333. The Morgan fingerprint density at radius 2 is 2.00 bits per heavy atom. The molecule has 1 fully saturated rings. The number of carboxylic acids is 1. The molecule has 6 heteroatoms. The molecule has 5 nitrogen and oxygen atoms in total. The summed E-state index contributed by atoms with van der Waals surface area (Å²) < 4.78 is 0. The van der Waals surface area contributed by atoms with E-state index in [-0.39, 0.29) is 11.3 Å². The van der Waals surface area contributed by atoms with E-state index in [9.17, 15) is 14.7 Å². The molecule has 0 unspecified atom stereocenters. The van der Waals surface area contributed by atoms with Gasteiger partial charge in [-0.2, -0.15) is 0 Å². The molecule has 0 spiro atoms. The van der Waals surface area contributed by atoms with E-state index >= 15 is 0 Å². The Kier molecular flexibility index (Phi) is 3.17. The molecule has 0 heterocycles. The Hall–Kier alpha value is -1.75. The van der Waals surface area contributed by atoms with Crippen LogP contribution in [0.25, 0.3) is 0 Å². The lowest BCUT2D eigenvalue weighted by Gasteiger charge is -2.38. The van der Waals surface area contributed by atoms with Crippen LogP contribution in [0.4, 0.5) is 0 Å². The van der Waals surface area contributed by atoms with Crippen molar-refractivity contribution in [1.29, 1.82) is 0 Å². The van der Waals surface area contributed by atoms with Gasteiger partial charge >= 0.3 is 5.97 Å². The minimum atomic E-state index is -1.19. The van der Waals surface area contributed by atoms with Crippen molar-refractivity contribution in [2.24, 2.45) is 0 Å². The summed E-state index contributed by atoms with van der Waals surface area (Å²) in [7, 11) is 0. The van der Waals surface area contributed by atoms with Gasteiger partial charge in [0.1, 0.15) is 11.3 Å². The summed E-state index contributed by atoms with van der Waals surface area (Å²) in [6.45, 7) is 0. The molecule has 1 amide bonds. The molecule has 1 aromatic rings. The van der Waals surface area contributed by atoms with E-state index < -0.39 is 17.4 Å². The minimum absolute atomic E-state index is 0.0203. The summed E-state index contributed by atoms with van der Waals surface area (Å²) in [5, 5.41) is 21.5. The van der Waals surface area contributed by atoms with E-state index in [0.29, 0.717) is 17.9 Å². The summed E-state index contributed by atoms with van der Waals surface area (Å²) in [5.41, 5.74) is -1.17. The maximum absolute atomic E-state index is 11.9. The normalized spacial score (nSPS) is 16.7. The van der Waals surface area contributed by atoms with Gasteiger partial charge < -0.3 is 15.5 Å². The summed E-state index contributed by atoms with van der Waals surface area (Å²) >= 11 is 5.66. The molecule has 2 rings (SSSR count). The van der Waals surface area contributed by atoms with Crippen molar-refractivity contribution in [3.63, 3.8) is 0 Å². The summed E-state index contributed by atoms with van der Waals surface area (Å²) in [5.74, 6) is -1.92. The Morgan fingerprint density at radius 3 is 2.44 bits per heavy atom. The van der Waals surface area contributed by atoms with E-state index in [1.807, 2.05) is 0 Å². The molecular weight excluding hydrogens is 258 g/mol. The highest BCUT2D eigenvalue weighted by atomic mass is 35.5. The van der Waals surface area contributed by atoms with Gasteiger partial charge in [0.2, 0.25) is 0 Å². The lowest BCUT2D eigenvalue weighted by atomic mass is 9.76. The second kappa shape index (κ2) is 4.49. The van der Waals surface area contributed by atoms with Crippen molar-refractivity contribution in [2.45, 2.75) is 24.8 Å². The second-order valence-corrected chi connectivity index (χ2v) is 4.79. The van der Waals surface area contributed by atoms with Crippen molar-refractivity contribution in [3.05, 3.63) is 28.8 Å². The lowest BCUT2D eigenvalue weighted by Crippen LogP contribution is -2.59. The highest BCUT2D eigenvalue weighted by molar-refractivity contribution is 6.30. The standard InChI is InChI=1S/C12H12ClNO4/c13-7-2-3-8(9(15)6-7)10(16)14-12(11(17)18)4-1-5-12/h2-3,6,15H,1,4-5H2,(H,14,16)(H,17,18). The average molecular weight is 270 g/mol. The molecule has 96 valence electrons. The van der Waals surface area contributed by atoms with Gasteiger partial charge in [0.05, 0.1) is 5.56 Å². The van der Waals surface area contributed by atoms with Gasteiger partial charge in [-0.05, 0) is 37.5 Å². The SMILES string of the molecule is O=C(NC1(C(=O)O)CCC1)c1ccc(Cl)cc1O. The van der Waals surface area contributed by atoms with Gasteiger partial charge in [-0.3, -0.25) is 4.79 Å². The highest BCUT2D eigenvalue weighted by Crippen LogP contribution is 2.33. The number of benzene rings is 1. The largest absolute Gasteiger partial charge is 0.507 e. The maximum atomic E-state index is 11.9. The van der Waals surface area contributed by atoms with Crippen LogP contribution >= 0.6 is 11.6 Å². The molecule has 0 saturated heterocycles. The molecule has 1 aliphatic carbocycles. The number of rotatable bonds is 3. The number of phenols is 1. The zero-order valence-electron chi connectivity index (χ0n) is 9.44. The maximum Gasteiger partial charge on any atom is 0.329 e. The number of phenolic OH excluding ortho intramolecular Hbond substituents is 1. The molecule has 0 radical (unpaired) electrons. The first-order chi connectivity index (χ1) is 8.44. The first kappa shape index (κ1) is 12.7. The highest BCUT2D eigenvalue weighted by Gasteiger charge is 2.45. The van der Waals surface area contributed by atoms with Gasteiger partial charge in [0.25, 0.3) is 5.91 Å². The molecular formula is C12H12ClNO4. The number of hydrogen-bond donors (Lipinski definition) is 3. The van der Waals surface area contributed by atoms with Crippen molar-refractivity contribution < 1.29 is 19.8 Å². The van der Waals surface area contributed by atoms with Gasteiger partial charge in [-0.25, -0.2) is 4.79 Å². The number of carbonyl (C=O) groups excluding carboxylic acids is 1. The van der Waals surface area contributed by atoms with Gasteiger partial charge in [0, 0.05) is 5.02 Å². The number of halogens is 1. The van der Waals surface area contributed by atoms with Crippen LogP contribution < -0.4 is 5.32 Å². The van der Waals surface area contributed by atoms with Crippen LogP contribution in [0.15, 0.2) is 18.2 Å². The molecule has 0 bridgehead atoms. The zero-order valence-corrected chi connectivity index (χ0v) is 10.2. The summed E-state index contributed by atoms with van der Waals surface area (Å²) in [6.07, 6.45) is 1.57. The molecule has 0 atom stereocenters. The molecule has 1 saturated carbocycles. The quantitative estimate of drug-likeness (QED) is 0.781. The van der Waals surface area contributed by atoms with Gasteiger partial charge in [-0.1, -0.05) is 11.6 Å². The number of aliphatic carboxylic acids is 1. The van der Waals surface area contributed by atoms with E-state index in [1.54, 1.807) is 0 Å². The van der Waals surface area contributed by atoms with E-state index in [0.717, 1.165) is 6.42 Å². The van der Waals surface area contributed by atoms with Gasteiger partial charge in [0.15, 0.2) is 0 Å². The Bertz CT molecular complexity index is 511. The van der Waals surface area contributed by atoms with Crippen LogP contribution in [-0.2, 0) is 4.79 Å². The van der Waals surface area contributed by atoms with Gasteiger partial charge in [-0.15, -0.1) is 0 Å². The van der Waals surface area contributed by atoms with Crippen molar-refractivity contribution in [3.8, 4) is 5.75 Å². The number of carbonyl (C=O) groups is 2. The van der Waals surface area contributed by atoms with Crippen LogP contribution in [0.1, 0.15) is 29.6 Å². The fourth-order valence-electron chi connectivity index (χ4n) is 1.90. The van der Waals surface area contributed by atoms with E-state index in [1.165, 1.54) is 18.2 Å². The van der Waals surface area contributed by atoms with Crippen molar-refractivity contribution in [1.82, 2.24) is 5.32 Å². The topological polar surface area (TPSA) is 86.6 Å². The number of nitrogens with one attached hydrogen (secondary N) is 1. The second-order valence-electron chi connectivity index (χ2n) is 4.36. The summed E-state index contributed by atoms with van der Waals surface area (Å²) in [6, 6.07) is 4.07. The zero-order chi connectivity index (χ0) is 13.3. The minimum Gasteiger partial charge on any atom is -0.507 e.